The zero-order valence-corrected chi connectivity index (χ0v) is 16.2. The second-order valence-electron chi connectivity index (χ2n) is 6.87. The van der Waals surface area contributed by atoms with Crippen LogP contribution in [0.2, 0.25) is 0 Å². The van der Waals surface area contributed by atoms with Crippen LogP contribution in [0.5, 0.6) is 0 Å². The predicted octanol–water partition coefficient (Wildman–Crippen LogP) is 4.62. The Hall–Kier alpha value is -3.35. The molecule has 1 aliphatic heterocycles. The first-order valence-corrected chi connectivity index (χ1v) is 9.01. The Morgan fingerprint density at radius 2 is 2.14 bits per heavy atom. The molecule has 1 aliphatic rings. The SMILES string of the molecule is C=NN(C)/C=C(\C)c1ccc(Nc2cccc3c2N[C@H](C)CC(=O)N3)c(F)c1. The number of hydrazone groups is 1. The van der Waals surface area contributed by atoms with E-state index in [1.807, 2.05) is 38.1 Å². The van der Waals surface area contributed by atoms with Crippen molar-refractivity contribution in [1.29, 1.82) is 0 Å². The first-order chi connectivity index (χ1) is 13.4. The van der Waals surface area contributed by atoms with Crippen LogP contribution in [0, 0.1) is 5.82 Å². The number of allylic oxidation sites excluding steroid dienone is 1. The molecule has 0 bridgehead atoms. The fraction of sp³-hybridized carbons (Fsp3) is 0.238. The zero-order chi connectivity index (χ0) is 20.3. The van der Waals surface area contributed by atoms with Crippen molar-refractivity contribution < 1.29 is 9.18 Å². The predicted molar refractivity (Wildman–Crippen MR) is 113 cm³/mol. The van der Waals surface area contributed by atoms with Crippen molar-refractivity contribution in [2.75, 3.05) is 23.0 Å². The lowest BCUT2D eigenvalue weighted by Crippen LogP contribution is -2.19. The van der Waals surface area contributed by atoms with Crippen molar-refractivity contribution in [2.24, 2.45) is 5.10 Å². The molecule has 0 radical (unpaired) electrons. The highest BCUT2D eigenvalue weighted by molar-refractivity contribution is 5.99. The van der Waals surface area contributed by atoms with E-state index >= 15 is 0 Å². The molecule has 0 fully saturated rings. The lowest BCUT2D eigenvalue weighted by Gasteiger charge is -2.18. The average Bonchev–Trinajstić information content (AvgIpc) is 2.80. The van der Waals surface area contributed by atoms with Crippen molar-refractivity contribution >= 4 is 40.9 Å². The molecule has 2 aromatic carbocycles. The Morgan fingerprint density at radius 1 is 1.36 bits per heavy atom. The number of carbonyl (C=O) groups is 1. The van der Waals surface area contributed by atoms with Crippen LogP contribution >= 0.6 is 0 Å². The highest BCUT2D eigenvalue weighted by Gasteiger charge is 2.20. The number of carbonyl (C=O) groups excluding carboxylic acids is 1. The van der Waals surface area contributed by atoms with Crippen LogP contribution in [0.1, 0.15) is 25.8 Å². The first-order valence-electron chi connectivity index (χ1n) is 9.01. The molecule has 0 aromatic heterocycles. The molecule has 28 heavy (non-hydrogen) atoms. The van der Waals surface area contributed by atoms with Crippen LogP contribution < -0.4 is 16.0 Å². The van der Waals surface area contributed by atoms with Crippen molar-refractivity contribution in [1.82, 2.24) is 5.01 Å². The number of benzene rings is 2. The zero-order valence-electron chi connectivity index (χ0n) is 16.2. The lowest BCUT2D eigenvalue weighted by molar-refractivity contribution is -0.116. The van der Waals surface area contributed by atoms with Gasteiger partial charge in [0, 0.05) is 32.4 Å². The molecule has 7 heteroatoms. The number of hydrogen-bond donors (Lipinski definition) is 3. The minimum atomic E-state index is -0.372. The molecule has 146 valence electrons. The fourth-order valence-electron chi connectivity index (χ4n) is 3.10. The Bertz CT molecular complexity index is 940. The van der Waals surface area contributed by atoms with Gasteiger partial charge in [-0.1, -0.05) is 12.1 Å². The molecule has 0 spiro atoms. The summed E-state index contributed by atoms with van der Waals surface area (Å²) in [5, 5.41) is 14.7. The van der Waals surface area contributed by atoms with Crippen LogP contribution in [0.4, 0.5) is 27.1 Å². The van der Waals surface area contributed by atoms with Gasteiger partial charge in [-0.05, 0) is 49.2 Å². The number of nitrogens with one attached hydrogen (secondary N) is 3. The van der Waals surface area contributed by atoms with E-state index in [1.54, 1.807) is 24.3 Å². The molecule has 0 unspecified atom stereocenters. The van der Waals surface area contributed by atoms with Crippen molar-refractivity contribution in [2.45, 2.75) is 26.3 Å². The molecular weight excluding hydrogens is 357 g/mol. The van der Waals surface area contributed by atoms with Gasteiger partial charge in [0.15, 0.2) is 0 Å². The average molecular weight is 381 g/mol. The fourth-order valence-corrected chi connectivity index (χ4v) is 3.10. The van der Waals surface area contributed by atoms with Gasteiger partial charge in [0.1, 0.15) is 5.82 Å². The van der Waals surface area contributed by atoms with Crippen molar-refractivity contribution in [3.63, 3.8) is 0 Å². The van der Waals surface area contributed by atoms with E-state index in [0.717, 1.165) is 16.8 Å². The van der Waals surface area contributed by atoms with Gasteiger partial charge < -0.3 is 16.0 Å². The van der Waals surface area contributed by atoms with Gasteiger partial charge in [0.05, 0.1) is 22.7 Å². The third kappa shape index (κ3) is 4.31. The molecule has 3 N–H and O–H groups in total. The number of anilines is 4. The smallest absolute Gasteiger partial charge is 0.226 e. The summed E-state index contributed by atoms with van der Waals surface area (Å²) >= 11 is 0. The summed E-state index contributed by atoms with van der Waals surface area (Å²) in [6.45, 7) is 7.27. The molecule has 0 aliphatic carbocycles. The van der Waals surface area contributed by atoms with Crippen LogP contribution in [0.3, 0.4) is 0 Å². The summed E-state index contributed by atoms with van der Waals surface area (Å²) in [7, 11) is 1.76. The monoisotopic (exact) mass is 381 g/mol. The molecule has 1 atom stereocenters. The lowest BCUT2D eigenvalue weighted by atomic mass is 10.1. The van der Waals surface area contributed by atoms with E-state index in [2.05, 4.69) is 27.8 Å². The number of rotatable bonds is 5. The molecule has 3 rings (SSSR count). The number of fused-ring (bicyclic) bond motifs is 1. The van der Waals surface area contributed by atoms with Crippen LogP contribution in [-0.4, -0.2) is 30.7 Å². The first kappa shape index (κ1) is 19.4. The summed E-state index contributed by atoms with van der Waals surface area (Å²) in [6.07, 6.45) is 2.15. The largest absolute Gasteiger partial charge is 0.379 e. The second kappa shape index (κ2) is 8.12. The molecule has 0 saturated heterocycles. The summed E-state index contributed by atoms with van der Waals surface area (Å²) in [4.78, 5) is 11.9. The topological polar surface area (TPSA) is 68.8 Å². The third-order valence-electron chi connectivity index (χ3n) is 4.52. The second-order valence-corrected chi connectivity index (χ2v) is 6.87. The molecule has 1 amide bonds. The van der Waals surface area contributed by atoms with E-state index in [0.29, 0.717) is 23.5 Å². The van der Waals surface area contributed by atoms with E-state index in [4.69, 9.17) is 0 Å². The Kier molecular flexibility index (Phi) is 5.63. The Morgan fingerprint density at radius 3 is 2.86 bits per heavy atom. The van der Waals surface area contributed by atoms with Crippen molar-refractivity contribution in [3.05, 3.63) is 54.0 Å². The van der Waals surface area contributed by atoms with Gasteiger partial charge in [0.2, 0.25) is 5.91 Å². The minimum absolute atomic E-state index is 0.0281. The van der Waals surface area contributed by atoms with Gasteiger partial charge >= 0.3 is 0 Å². The third-order valence-corrected chi connectivity index (χ3v) is 4.52. The molecular formula is C21H24FN5O. The van der Waals surface area contributed by atoms with Gasteiger partial charge in [0.25, 0.3) is 0 Å². The molecule has 2 aromatic rings. The van der Waals surface area contributed by atoms with E-state index in [-0.39, 0.29) is 17.8 Å². The van der Waals surface area contributed by atoms with Gasteiger partial charge in [-0.2, -0.15) is 5.10 Å². The summed E-state index contributed by atoms with van der Waals surface area (Å²) in [6, 6.07) is 10.5. The van der Waals surface area contributed by atoms with E-state index in [9.17, 15) is 9.18 Å². The number of halogens is 1. The quantitative estimate of drug-likeness (QED) is 0.522. The van der Waals surface area contributed by atoms with Crippen LogP contribution in [0.25, 0.3) is 5.57 Å². The molecule has 1 heterocycles. The maximum atomic E-state index is 14.7. The maximum Gasteiger partial charge on any atom is 0.226 e. The number of para-hydroxylation sites is 1. The van der Waals surface area contributed by atoms with Crippen LogP contribution in [-0.2, 0) is 4.79 Å². The van der Waals surface area contributed by atoms with Gasteiger partial charge in [-0.25, -0.2) is 4.39 Å². The maximum absolute atomic E-state index is 14.7. The Balaban J connectivity index is 1.89. The summed E-state index contributed by atoms with van der Waals surface area (Å²) in [5.41, 5.74) is 4.09. The summed E-state index contributed by atoms with van der Waals surface area (Å²) in [5.74, 6) is -0.421. The minimum Gasteiger partial charge on any atom is -0.379 e. The number of nitrogens with zero attached hydrogens (tertiary/aromatic N) is 2. The normalized spacial score (nSPS) is 16.4. The highest BCUT2D eigenvalue weighted by Crippen LogP contribution is 2.36. The van der Waals surface area contributed by atoms with Gasteiger partial charge in [-0.3, -0.25) is 9.80 Å². The number of hydrogen-bond acceptors (Lipinski definition) is 5. The molecule has 6 nitrogen and oxygen atoms in total. The summed E-state index contributed by atoms with van der Waals surface area (Å²) < 4.78 is 14.7. The number of amides is 1. The van der Waals surface area contributed by atoms with E-state index < -0.39 is 0 Å². The Labute approximate surface area is 164 Å². The highest BCUT2D eigenvalue weighted by atomic mass is 19.1. The van der Waals surface area contributed by atoms with Crippen LogP contribution in [0.15, 0.2) is 47.7 Å². The standard InChI is InChI=1S/C21H24FN5O/c1-13(12-27(4)23-3)15-8-9-17(16(22)11-15)25-18-6-5-7-19-21(18)24-14(2)10-20(28)26-19/h5-9,11-12,14,24-25H,3,10H2,1-2,4H3,(H,26,28)/b13-12+/t14-/m1/s1. The van der Waals surface area contributed by atoms with Crippen molar-refractivity contribution in [3.8, 4) is 0 Å². The molecule has 0 saturated carbocycles. The van der Waals surface area contributed by atoms with E-state index in [1.165, 1.54) is 6.07 Å². The van der Waals surface area contributed by atoms with Gasteiger partial charge in [-0.15, -0.1) is 0 Å².